The molecule has 4 heteroatoms. The largest absolute Gasteiger partial charge is 0.207 e. The third-order valence-electron chi connectivity index (χ3n) is 1.96. The van der Waals surface area contributed by atoms with Gasteiger partial charge in [-0.1, -0.05) is 35.6 Å². The van der Waals surface area contributed by atoms with Crippen molar-refractivity contribution in [3.63, 3.8) is 0 Å². The molecule has 0 aliphatic heterocycles. The molecule has 0 saturated heterocycles. The van der Waals surface area contributed by atoms with Crippen LogP contribution >= 0.6 is 27.7 Å². The number of benzene rings is 1. The molecule has 0 fully saturated rings. The molecule has 0 radical (unpaired) electrons. The Hall–Kier alpha value is 0.197. The van der Waals surface area contributed by atoms with Crippen molar-refractivity contribution in [1.29, 1.82) is 0 Å². The van der Waals surface area contributed by atoms with Gasteiger partial charge in [-0.15, -0.1) is 11.8 Å². The average molecular weight is 307 g/mol. The van der Waals surface area contributed by atoms with E-state index in [0.29, 0.717) is 0 Å². The summed E-state index contributed by atoms with van der Waals surface area (Å²) in [5, 5.41) is 0. The second kappa shape index (κ2) is 5.50. The Morgan fingerprint density at radius 2 is 1.93 bits per heavy atom. The van der Waals surface area contributed by atoms with Crippen LogP contribution in [0.4, 0.5) is 4.39 Å². The van der Waals surface area contributed by atoms with Crippen LogP contribution < -0.4 is 0 Å². The van der Waals surface area contributed by atoms with Crippen molar-refractivity contribution >= 4 is 35.8 Å². The SMILES string of the molecule is C[Si](C)(C)CCSc1cc(F)cc(Br)c1. The maximum absolute atomic E-state index is 13.1. The molecule has 0 spiro atoms. The van der Waals surface area contributed by atoms with E-state index in [2.05, 4.69) is 35.6 Å². The molecule has 0 aliphatic carbocycles. The predicted molar refractivity (Wildman–Crippen MR) is 73.0 cm³/mol. The molecule has 1 aromatic carbocycles. The normalized spacial score (nSPS) is 11.8. The Bertz CT molecular complexity index is 316. The van der Waals surface area contributed by atoms with Gasteiger partial charge in [0.1, 0.15) is 5.82 Å². The van der Waals surface area contributed by atoms with Gasteiger partial charge in [-0.3, -0.25) is 0 Å². The van der Waals surface area contributed by atoms with Gasteiger partial charge in [-0.05, 0) is 30.0 Å². The Morgan fingerprint density at radius 3 is 2.47 bits per heavy atom. The molecule has 15 heavy (non-hydrogen) atoms. The zero-order valence-corrected chi connectivity index (χ0v) is 12.7. The van der Waals surface area contributed by atoms with Gasteiger partial charge in [-0.2, -0.15) is 0 Å². The van der Waals surface area contributed by atoms with Crippen LogP contribution in [-0.4, -0.2) is 13.8 Å². The van der Waals surface area contributed by atoms with Crippen molar-refractivity contribution in [2.24, 2.45) is 0 Å². The van der Waals surface area contributed by atoms with E-state index in [4.69, 9.17) is 0 Å². The lowest BCUT2D eigenvalue weighted by molar-refractivity contribution is 0.623. The summed E-state index contributed by atoms with van der Waals surface area (Å²) in [5.74, 6) is 0.922. The summed E-state index contributed by atoms with van der Waals surface area (Å²) in [6.07, 6.45) is 0. The van der Waals surface area contributed by atoms with Crippen LogP contribution in [-0.2, 0) is 0 Å². The number of halogens is 2. The van der Waals surface area contributed by atoms with Crippen LogP contribution in [0.5, 0.6) is 0 Å². The van der Waals surface area contributed by atoms with Gasteiger partial charge in [0.05, 0.1) is 0 Å². The van der Waals surface area contributed by atoms with Crippen molar-refractivity contribution in [3.05, 3.63) is 28.5 Å². The first-order valence-electron chi connectivity index (χ1n) is 4.96. The van der Waals surface area contributed by atoms with Crippen LogP contribution in [0.3, 0.4) is 0 Å². The lowest BCUT2D eigenvalue weighted by Crippen LogP contribution is -2.19. The van der Waals surface area contributed by atoms with Gasteiger partial charge >= 0.3 is 0 Å². The third-order valence-corrected chi connectivity index (χ3v) is 5.50. The standard InChI is InChI=1S/C11H16BrFSSi/c1-15(2,3)5-4-14-11-7-9(12)6-10(13)8-11/h6-8H,4-5H2,1-3H3. The van der Waals surface area contributed by atoms with E-state index in [0.717, 1.165) is 15.1 Å². The minimum atomic E-state index is -0.965. The quantitative estimate of drug-likeness (QED) is 0.556. The number of hydrogen-bond donors (Lipinski definition) is 0. The average Bonchev–Trinajstić information content (AvgIpc) is 1.99. The topological polar surface area (TPSA) is 0 Å². The second-order valence-electron chi connectivity index (χ2n) is 4.76. The van der Waals surface area contributed by atoms with Crippen molar-refractivity contribution in [1.82, 2.24) is 0 Å². The fourth-order valence-electron chi connectivity index (χ4n) is 1.09. The molecule has 1 rings (SSSR count). The summed E-state index contributed by atoms with van der Waals surface area (Å²) >= 11 is 5.04. The predicted octanol–water partition coefficient (Wildman–Crippen LogP) is 5.02. The van der Waals surface area contributed by atoms with Crippen LogP contribution in [0, 0.1) is 5.82 Å². The maximum Gasteiger partial charge on any atom is 0.125 e. The highest BCUT2D eigenvalue weighted by atomic mass is 79.9. The molecule has 0 heterocycles. The number of hydrogen-bond acceptors (Lipinski definition) is 1. The smallest absolute Gasteiger partial charge is 0.125 e. The zero-order valence-electron chi connectivity index (χ0n) is 9.31. The highest BCUT2D eigenvalue weighted by Gasteiger charge is 2.12. The van der Waals surface area contributed by atoms with Gasteiger partial charge in [0.25, 0.3) is 0 Å². The summed E-state index contributed by atoms with van der Waals surface area (Å²) < 4.78 is 13.9. The molecular weight excluding hydrogens is 291 g/mol. The fraction of sp³-hybridized carbons (Fsp3) is 0.455. The molecule has 0 nitrogen and oxygen atoms in total. The summed E-state index contributed by atoms with van der Waals surface area (Å²) in [6.45, 7) is 7.07. The van der Waals surface area contributed by atoms with Crippen molar-refractivity contribution in [2.75, 3.05) is 5.75 Å². The van der Waals surface area contributed by atoms with Crippen LogP contribution in [0.2, 0.25) is 25.7 Å². The lowest BCUT2D eigenvalue weighted by Gasteiger charge is -2.14. The maximum atomic E-state index is 13.1. The Labute approximate surface area is 105 Å². The first-order chi connectivity index (χ1) is 6.87. The summed E-state index contributed by atoms with van der Waals surface area (Å²) in [6, 6.07) is 6.33. The highest BCUT2D eigenvalue weighted by Crippen LogP contribution is 2.26. The van der Waals surface area contributed by atoms with Crippen LogP contribution in [0.25, 0.3) is 0 Å². The first kappa shape index (κ1) is 13.3. The summed E-state index contributed by atoms with van der Waals surface area (Å²) in [7, 11) is -0.965. The van der Waals surface area contributed by atoms with E-state index >= 15 is 0 Å². The monoisotopic (exact) mass is 306 g/mol. The molecule has 1 aromatic rings. The van der Waals surface area contributed by atoms with Crippen molar-refractivity contribution < 1.29 is 4.39 Å². The highest BCUT2D eigenvalue weighted by molar-refractivity contribution is 9.10. The zero-order chi connectivity index (χ0) is 11.5. The molecule has 0 bridgehead atoms. The van der Waals surface area contributed by atoms with E-state index < -0.39 is 8.07 Å². The second-order valence-corrected chi connectivity index (χ2v) is 12.5. The third kappa shape index (κ3) is 5.73. The number of thioether (sulfide) groups is 1. The van der Waals surface area contributed by atoms with E-state index in [-0.39, 0.29) is 5.82 Å². The minimum Gasteiger partial charge on any atom is -0.207 e. The van der Waals surface area contributed by atoms with E-state index in [9.17, 15) is 4.39 Å². The fourth-order valence-corrected chi connectivity index (χ4v) is 5.20. The Morgan fingerprint density at radius 1 is 1.27 bits per heavy atom. The van der Waals surface area contributed by atoms with E-state index in [1.807, 2.05) is 6.07 Å². The lowest BCUT2D eigenvalue weighted by atomic mass is 10.3. The molecule has 0 aliphatic rings. The molecule has 0 N–H and O–H groups in total. The molecule has 0 saturated carbocycles. The van der Waals surface area contributed by atoms with Gasteiger partial charge in [0.2, 0.25) is 0 Å². The van der Waals surface area contributed by atoms with E-state index in [1.54, 1.807) is 17.8 Å². The van der Waals surface area contributed by atoms with Crippen molar-refractivity contribution in [2.45, 2.75) is 30.6 Å². The van der Waals surface area contributed by atoms with Gasteiger partial charge < -0.3 is 0 Å². The molecule has 0 unspecified atom stereocenters. The van der Waals surface area contributed by atoms with Crippen LogP contribution in [0.1, 0.15) is 0 Å². The molecule has 84 valence electrons. The summed E-state index contributed by atoms with van der Waals surface area (Å²) in [4.78, 5) is 1.01. The molecule has 0 aromatic heterocycles. The number of rotatable bonds is 4. The molecule has 0 atom stereocenters. The Kier molecular flexibility index (Phi) is 4.87. The van der Waals surface area contributed by atoms with Gasteiger partial charge in [0, 0.05) is 17.4 Å². The van der Waals surface area contributed by atoms with E-state index in [1.165, 1.54) is 12.1 Å². The Balaban J connectivity index is 2.51. The van der Waals surface area contributed by atoms with Crippen molar-refractivity contribution in [3.8, 4) is 0 Å². The minimum absolute atomic E-state index is 0.167. The molecule has 0 amide bonds. The molecular formula is C11H16BrFSSi. The van der Waals surface area contributed by atoms with Gasteiger partial charge in [-0.25, -0.2) is 4.39 Å². The van der Waals surface area contributed by atoms with Gasteiger partial charge in [0.15, 0.2) is 0 Å². The van der Waals surface area contributed by atoms with Crippen LogP contribution in [0.15, 0.2) is 27.6 Å². The summed E-state index contributed by atoms with van der Waals surface area (Å²) in [5.41, 5.74) is 0. The first-order valence-corrected chi connectivity index (χ1v) is 10.4.